The minimum atomic E-state index is 0.448. The van der Waals surface area contributed by atoms with Gasteiger partial charge in [-0.05, 0) is 30.7 Å². The van der Waals surface area contributed by atoms with E-state index in [1.165, 1.54) is 0 Å². The molecular formula is C15H16N2OS. The smallest absolute Gasteiger partial charge is 0.123 e. The van der Waals surface area contributed by atoms with Gasteiger partial charge in [0.1, 0.15) is 10.8 Å². The molecule has 1 aromatic carbocycles. The van der Waals surface area contributed by atoms with Gasteiger partial charge in [0.2, 0.25) is 0 Å². The predicted molar refractivity (Wildman–Crippen MR) is 77.4 cm³/mol. The molecule has 19 heavy (non-hydrogen) atoms. The van der Waals surface area contributed by atoms with Crippen molar-refractivity contribution in [1.82, 2.24) is 4.98 Å². The van der Waals surface area contributed by atoms with E-state index >= 15 is 0 Å². The maximum Gasteiger partial charge on any atom is 0.123 e. The maximum atomic E-state index is 8.87. The number of thiazole rings is 1. The highest BCUT2D eigenvalue weighted by molar-refractivity contribution is 7.15. The molecule has 4 heteroatoms. The van der Waals surface area contributed by atoms with Gasteiger partial charge in [-0.1, -0.05) is 13.3 Å². The first-order valence-corrected chi connectivity index (χ1v) is 7.10. The second-order valence-corrected chi connectivity index (χ2v) is 5.29. The first-order valence-electron chi connectivity index (χ1n) is 6.28. The molecule has 0 atom stereocenters. The Morgan fingerprint density at radius 1 is 1.32 bits per heavy atom. The fraction of sp³-hybridized carbons (Fsp3) is 0.333. The number of methoxy groups -OCH3 is 1. The first-order chi connectivity index (χ1) is 9.28. The van der Waals surface area contributed by atoms with Gasteiger partial charge >= 0.3 is 0 Å². The number of aromatic nitrogens is 1. The maximum absolute atomic E-state index is 8.87. The van der Waals surface area contributed by atoms with Gasteiger partial charge < -0.3 is 4.74 Å². The lowest BCUT2D eigenvalue weighted by atomic mass is 10.2. The van der Waals surface area contributed by atoms with E-state index < -0.39 is 0 Å². The number of nitriles is 1. The van der Waals surface area contributed by atoms with Crippen LogP contribution in [0.25, 0.3) is 10.6 Å². The molecule has 0 aliphatic rings. The molecule has 0 saturated heterocycles. The van der Waals surface area contributed by atoms with Crippen molar-refractivity contribution in [2.45, 2.75) is 26.2 Å². The first kappa shape index (κ1) is 13.6. The molecule has 0 saturated carbocycles. The molecule has 2 aromatic rings. The van der Waals surface area contributed by atoms with E-state index in [0.29, 0.717) is 6.42 Å². The van der Waals surface area contributed by atoms with Gasteiger partial charge in [-0.15, -0.1) is 11.3 Å². The van der Waals surface area contributed by atoms with Crippen LogP contribution in [-0.4, -0.2) is 12.1 Å². The second-order valence-electron chi connectivity index (χ2n) is 4.20. The molecule has 0 amide bonds. The van der Waals surface area contributed by atoms with Crippen LogP contribution < -0.4 is 4.74 Å². The van der Waals surface area contributed by atoms with E-state index in [0.717, 1.165) is 39.7 Å². The Morgan fingerprint density at radius 3 is 2.63 bits per heavy atom. The molecule has 2 rings (SSSR count). The Bertz CT molecular complexity index is 581. The molecular weight excluding hydrogens is 256 g/mol. The third-order valence-corrected chi connectivity index (χ3v) is 3.99. The van der Waals surface area contributed by atoms with Crippen molar-refractivity contribution in [2.75, 3.05) is 7.11 Å². The SMILES string of the molecule is CCCc1nc(-c2ccc(OC)cc2)sc1CC#N. The summed E-state index contributed by atoms with van der Waals surface area (Å²) >= 11 is 1.62. The van der Waals surface area contributed by atoms with Gasteiger partial charge in [-0.3, -0.25) is 0 Å². The Labute approximate surface area is 117 Å². The highest BCUT2D eigenvalue weighted by Crippen LogP contribution is 2.30. The zero-order valence-corrected chi connectivity index (χ0v) is 12.0. The third kappa shape index (κ3) is 3.12. The number of hydrogen-bond acceptors (Lipinski definition) is 4. The van der Waals surface area contributed by atoms with Crippen LogP contribution in [0.1, 0.15) is 23.9 Å². The monoisotopic (exact) mass is 272 g/mol. The molecule has 0 bridgehead atoms. The third-order valence-electron chi connectivity index (χ3n) is 2.84. The molecule has 0 aliphatic carbocycles. The van der Waals surface area contributed by atoms with Gasteiger partial charge in [0.25, 0.3) is 0 Å². The summed E-state index contributed by atoms with van der Waals surface area (Å²) in [5.74, 6) is 0.839. The summed E-state index contributed by atoms with van der Waals surface area (Å²) in [5.41, 5.74) is 2.15. The molecule has 0 radical (unpaired) electrons. The number of rotatable bonds is 5. The van der Waals surface area contributed by atoms with Gasteiger partial charge in [0, 0.05) is 10.4 Å². The summed E-state index contributed by atoms with van der Waals surface area (Å²) in [6.45, 7) is 2.13. The van der Waals surface area contributed by atoms with Crippen molar-refractivity contribution < 1.29 is 4.74 Å². The summed E-state index contributed by atoms with van der Waals surface area (Å²) in [5, 5.41) is 9.86. The average Bonchev–Trinajstić information content (AvgIpc) is 2.83. The van der Waals surface area contributed by atoms with Crippen LogP contribution >= 0.6 is 11.3 Å². The minimum absolute atomic E-state index is 0.448. The van der Waals surface area contributed by atoms with E-state index in [1.807, 2.05) is 24.3 Å². The van der Waals surface area contributed by atoms with Gasteiger partial charge in [-0.2, -0.15) is 5.26 Å². The van der Waals surface area contributed by atoms with Crippen LogP contribution in [-0.2, 0) is 12.8 Å². The molecule has 0 unspecified atom stereocenters. The Kier molecular flexibility index (Phi) is 4.53. The highest BCUT2D eigenvalue weighted by Gasteiger charge is 2.11. The molecule has 0 N–H and O–H groups in total. The van der Waals surface area contributed by atoms with Crippen LogP contribution in [0.15, 0.2) is 24.3 Å². The van der Waals surface area contributed by atoms with Gasteiger partial charge in [-0.25, -0.2) is 4.98 Å². The summed E-state index contributed by atoms with van der Waals surface area (Å²) in [6.07, 6.45) is 2.43. The minimum Gasteiger partial charge on any atom is -0.497 e. The van der Waals surface area contributed by atoms with Crippen molar-refractivity contribution in [2.24, 2.45) is 0 Å². The van der Waals surface area contributed by atoms with E-state index in [1.54, 1.807) is 18.4 Å². The molecule has 98 valence electrons. The van der Waals surface area contributed by atoms with Crippen LogP contribution in [0.5, 0.6) is 5.75 Å². The standard InChI is InChI=1S/C15H16N2OS/c1-3-4-13-14(9-10-16)19-15(17-13)11-5-7-12(18-2)8-6-11/h5-8H,3-4,9H2,1-2H3. The van der Waals surface area contributed by atoms with Crippen LogP contribution in [0, 0.1) is 11.3 Å². The fourth-order valence-electron chi connectivity index (χ4n) is 1.88. The van der Waals surface area contributed by atoms with Crippen molar-refractivity contribution in [1.29, 1.82) is 5.26 Å². The molecule has 0 fully saturated rings. The summed E-state index contributed by atoms with van der Waals surface area (Å²) in [6, 6.07) is 10.1. The molecule has 3 nitrogen and oxygen atoms in total. The van der Waals surface area contributed by atoms with Crippen molar-refractivity contribution >= 4 is 11.3 Å². The number of nitrogens with zero attached hydrogens (tertiary/aromatic N) is 2. The lowest BCUT2D eigenvalue weighted by Gasteiger charge is -2.00. The summed E-state index contributed by atoms with van der Waals surface area (Å²) in [7, 11) is 1.66. The van der Waals surface area contributed by atoms with Crippen LogP contribution in [0.3, 0.4) is 0 Å². The Balaban J connectivity index is 2.33. The average molecular weight is 272 g/mol. The second kappa shape index (κ2) is 6.35. The van der Waals surface area contributed by atoms with E-state index in [9.17, 15) is 0 Å². The van der Waals surface area contributed by atoms with E-state index in [2.05, 4.69) is 18.0 Å². The zero-order chi connectivity index (χ0) is 13.7. The topological polar surface area (TPSA) is 45.9 Å². The van der Waals surface area contributed by atoms with E-state index in [-0.39, 0.29) is 0 Å². The normalized spacial score (nSPS) is 10.2. The zero-order valence-electron chi connectivity index (χ0n) is 11.1. The predicted octanol–water partition coefficient (Wildman–Crippen LogP) is 3.84. The molecule has 1 aromatic heterocycles. The van der Waals surface area contributed by atoms with Crippen LogP contribution in [0.2, 0.25) is 0 Å². The largest absolute Gasteiger partial charge is 0.497 e. The Morgan fingerprint density at radius 2 is 2.05 bits per heavy atom. The number of benzene rings is 1. The number of hydrogen-bond donors (Lipinski definition) is 0. The fourth-order valence-corrected chi connectivity index (χ4v) is 2.93. The van der Waals surface area contributed by atoms with Crippen molar-refractivity contribution in [3.8, 4) is 22.4 Å². The van der Waals surface area contributed by atoms with Gasteiger partial charge in [0.05, 0.1) is 25.3 Å². The number of aryl methyl sites for hydroxylation is 1. The Hall–Kier alpha value is -1.86. The van der Waals surface area contributed by atoms with Gasteiger partial charge in [0.15, 0.2) is 0 Å². The highest BCUT2D eigenvalue weighted by atomic mass is 32.1. The quantitative estimate of drug-likeness (QED) is 0.830. The lowest BCUT2D eigenvalue weighted by Crippen LogP contribution is -1.89. The van der Waals surface area contributed by atoms with Crippen molar-refractivity contribution in [3.63, 3.8) is 0 Å². The lowest BCUT2D eigenvalue weighted by molar-refractivity contribution is 0.415. The summed E-state index contributed by atoms with van der Waals surface area (Å²) < 4.78 is 5.15. The van der Waals surface area contributed by atoms with E-state index in [4.69, 9.17) is 10.00 Å². The summed E-state index contributed by atoms with van der Waals surface area (Å²) in [4.78, 5) is 5.76. The van der Waals surface area contributed by atoms with Crippen molar-refractivity contribution in [3.05, 3.63) is 34.8 Å². The van der Waals surface area contributed by atoms with Crippen LogP contribution in [0.4, 0.5) is 0 Å². The molecule has 1 heterocycles. The molecule has 0 aliphatic heterocycles. The number of ether oxygens (including phenoxy) is 1. The molecule has 0 spiro atoms.